The van der Waals surface area contributed by atoms with E-state index in [9.17, 15) is 19.5 Å². The minimum absolute atomic E-state index is 0.00733. The first-order chi connectivity index (χ1) is 20.5. The van der Waals surface area contributed by atoms with Gasteiger partial charge in [0.05, 0.1) is 5.92 Å². The number of nitrogens with zero attached hydrogens (tertiary/aromatic N) is 4. The van der Waals surface area contributed by atoms with Crippen molar-refractivity contribution in [1.29, 1.82) is 0 Å². The van der Waals surface area contributed by atoms with E-state index in [2.05, 4.69) is 24.3 Å². The highest BCUT2D eigenvalue weighted by Gasteiger charge is 2.44. The molecule has 2 aromatic carbocycles. The van der Waals surface area contributed by atoms with Crippen molar-refractivity contribution in [3.05, 3.63) is 63.7 Å². The van der Waals surface area contributed by atoms with Gasteiger partial charge in [0.15, 0.2) is 0 Å². The van der Waals surface area contributed by atoms with E-state index < -0.39 is 18.1 Å². The Balaban J connectivity index is 1.44. The van der Waals surface area contributed by atoms with Crippen molar-refractivity contribution in [3.63, 3.8) is 0 Å². The number of carbonyl (C=O) groups excluding carboxylic acids is 2. The summed E-state index contributed by atoms with van der Waals surface area (Å²) in [7, 11) is 4.14. The van der Waals surface area contributed by atoms with E-state index in [0.29, 0.717) is 56.4 Å². The number of carboxylic acid groups (broad SMARTS) is 1. The Kier molecular flexibility index (Phi) is 9.51. The van der Waals surface area contributed by atoms with Gasteiger partial charge in [-0.1, -0.05) is 41.9 Å². The second-order valence-electron chi connectivity index (χ2n) is 12.6. The number of halogens is 1. The summed E-state index contributed by atoms with van der Waals surface area (Å²) in [6.07, 6.45) is 2.80. The maximum absolute atomic E-state index is 14.4. The number of nitrogens with one attached hydrogen (secondary N) is 1. The van der Waals surface area contributed by atoms with Crippen LogP contribution in [0.5, 0.6) is 0 Å². The fourth-order valence-electron chi connectivity index (χ4n) is 7.25. The monoisotopic (exact) mass is 609 g/mol. The summed E-state index contributed by atoms with van der Waals surface area (Å²) in [6.45, 7) is 6.02. The second-order valence-corrected chi connectivity index (χ2v) is 13.0. The van der Waals surface area contributed by atoms with Gasteiger partial charge in [0.1, 0.15) is 0 Å². The van der Waals surface area contributed by atoms with Crippen LogP contribution < -0.4 is 5.32 Å². The van der Waals surface area contributed by atoms with Crippen LogP contribution >= 0.6 is 11.6 Å². The lowest BCUT2D eigenvalue weighted by molar-refractivity contribution is -0.140. The number of benzene rings is 2. The predicted octanol–water partition coefficient (Wildman–Crippen LogP) is 5.27. The molecule has 0 bridgehead atoms. The van der Waals surface area contributed by atoms with Gasteiger partial charge in [0.25, 0.3) is 0 Å². The number of likely N-dealkylation sites (tertiary alicyclic amines) is 2. The van der Waals surface area contributed by atoms with Gasteiger partial charge in [0, 0.05) is 55.0 Å². The summed E-state index contributed by atoms with van der Waals surface area (Å²) < 4.78 is 0. The van der Waals surface area contributed by atoms with E-state index in [1.165, 1.54) is 4.90 Å². The maximum atomic E-state index is 14.4. The average molecular weight is 610 g/mol. The molecular weight excluding hydrogens is 566 g/mol. The van der Waals surface area contributed by atoms with Crippen molar-refractivity contribution in [2.75, 3.05) is 45.6 Å². The molecule has 2 unspecified atom stereocenters. The number of piperidine rings is 2. The standard InChI is InChI=1S/C33H44ClN5O4/c1-21-17-23(18-22(2)30(21)34)19-27(31(40)37-13-10-25(11-14-37)36(3)4)29-20-26(12-16-39(29)33(42)43)38-15-9-24-7-5-6-8-28(24)35-32(38)41/h5-8,17-18,25-27,29H,9-16,19-20H2,1-4H3,(H,35,41)(H,42,43)/t26?,27?,29-/m1/s1. The van der Waals surface area contributed by atoms with Gasteiger partial charge in [-0.3, -0.25) is 4.79 Å². The lowest BCUT2D eigenvalue weighted by Gasteiger charge is -2.46. The molecule has 2 N–H and O–H groups in total. The van der Waals surface area contributed by atoms with Crippen molar-refractivity contribution < 1.29 is 19.5 Å². The molecule has 3 aliphatic rings. The number of para-hydroxylation sites is 1. The maximum Gasteiger partial charge on any atom is 0.407 e. The first-order valence-electron chi connectivity index (χ1n) is 15.4. The Bertz CT molecular complexity index is 1340. The molecule has 2 saturated heterocycles. The highest BCUT2D eigenvalue weighted by Crippen LogP contribution is 2.34. The molecule has 232 valence electrons. The molecule has 5 rings (SSSR count). The molecule has 4 amide bonds. The summed E-state index contributed by atoms with van der Waals surface area (Å²) >= 11 is 6.48. The molecule has 3 atom stereocenters. The van der Waals surface area contributed by atoms with Crippen LogP contribution in [0.2, 0.25) is 5.02 Å². The first kappa shape index (κ1) is 31.1. The van der Waals surface area contributed by atoms with Crippen molar-refractivity contribution in [2.45, 2.75) is 70.5 Å². The number of carbonyl (C=O) groups is 3. The summed E-state index contributed by atoms with van der Waals surface area (Å²) in [4.78, 5) is 47.9. The van der Waals surface area contributed by atoms with Crippen LogP contribution in [0.1, 0.15) is 47.9 Å². The third-order valence-corrected chi connectivity index (χ3v) is 10.3. The number of hydrogen-bond acceptors (Lipinski definition) is 4. The van der Waals surface area contributed by atoms with Gasteiger partial charge < -0.3 is 30.0 Å². The lowest BCUT2D eigenvalue weighted by Crippen LogP contribution is -2.59. The van der Waals surface area contributed by atoms with E-state index >= 15 is 0 Å². The number of anilines is 1. The zero-order valence-electron chi connectivity index (χ0n) is 25.7. The van der Waals surface area contributed by atoms with Gasteiger partial charge >= 0.3 is 12.1 Å². The minimum Gasteiger partial charge on any atom is -0.465 e. The molecule has 0 aromatic heterocycles. The Labute approximate surface area is 259 Å². The molecule has 0 saturated carbocycles. The van der Waals surface area contributed by atoms with Crippen LogP contribution in [0.4, 0.5) is 15.3 Å². The summed E-state index contributed by atoms with van der Waals surface area (Å²) in [5, 5.41) is 14.1. The van der Waals surface area contributed by atoms with Crippen LogP contribution in [0.3, 0.4) is 0 Å². The van der Waals surface area contributed by atoms with Crippen molar-refractivity contribution >= 4 is 35.3 Å². The van der Waals surface area contributed by atoms with Crippen molar-refractivity contribution in [1.82, 2.24) is 19.6 Å². The quantitative estimate of drug-likeness (QED) is 0.465. The van der Waals surface area contributed by atoms with Crippen LogP contribution in [-0.4, -0.2) is 101 Å². The largest absolute Gasteiger partial charge is 0.465 e. The first-order valence-corrected chi connectivity index (χ1v) is 15.8. The van der Waals surface area contributed by atoms with E-state index in [-0.39, 0.29) is 24.5 Å². The number of aryl methyl sites for hydroxylation is 2. The number of rotatable bonds is 6. The highest BCUT2D eigenvalue weighted by atomic mass is 35.5. The number of urea groups is 1. The molecular formula is C33H44ClN5O4. The van der Waals surface area contributed by atoms with E-state index in [4.69, 9.17) is 11.6 Å². The highest BCUT2D eigenvalue weighted by molar-refractivity contribution is 6.32. The Hall–Kier alpha value is -3.30. The van der Waals surface area contributed by atoms with Gasteiger partial charge in [-0.05, 0) is 94.8 Å². The zero-order valence-corrected chi connectivity index (χ0v) is 26.4. The molecule has 0 spiro atoms. The van der Waals surface area contributed by atoms with E-state index in [0.717, 1.165) is 40.8 Å². The summed E-state index contributed by atoms with van der Waals surface area (Å²) in [6, 6.07) is 11.4. The molecule has 43 heavy (non-hydrogen) atoms. The number of fused-ring (bicyclic) bond motifs is 1. The third-order valence-electron chi connectivity index (χ3n) is 9.69. The smallest absolute Gasteiger partial charge is 0.407 e. The topological polar surface area (TPSA) is 96.4 Å². The van der Waals surface area contributed by atoms with E-state index in [1.807, 2.05) is 60.0 Å². The lowest BCUT2D eigenvalue weighted by atomic mass is 9.82. The number of amides is 4. The Morgan fingerprint density at radius 2 is 1.72 bits per heavy atom. The third kappa shape index (κ3) is 6.78. The predicted molar refractivity (Wildman–Crippen MR) is 169 cm³/mol. The molecule has 10 heteroatoms. The molecule has 0 aliphatic carbocycles. The van der Waals surface area contributed by atoms with Crippen LogP contribution in [0.25, 0.3) is 0 Å². The minimum atomic E-state index is -1.02. The van der Waals surface area contributed by atoms with Gasteiger partial charge in [-0.25, -0.2) is 9.59 Å². The van der Waals surface area contributed by atoms with Crippen LogP contribution in [-0.2, 0) is 17.6 Å². The SMILES string of the molecule is Cc1cc(CC(C(=O)N2CCC(N(C)C)CC2)[C@H]2CC(N3CCc4ccccc4NC3=O)CCN2C(=O)O)cc(C)c1Cl. The number of hydrogen-bond donors (Lipinski definition) is 2. The summed E-state index contributed by atoms with van der Waals surface area (Å²) in [5.41, 5.74) is 4.74. The van der Waals surface area contributed by atoms with Crippen molar-refractivity contribution in [2.24, 2.45) is 5.92 Å². The van der Waals surface area contributed by atoms with Crippen LogP contribution in [0.15, 0.2) is 36.4 Å². The molecule has 9 nitrogen and oxygen atoms in total. The molecule has 2 fully saturated rings. The molecule has 2 aromatic rings. The van der Waals surface area contributed by atoms with Gasteiger partial charge in [0.2, 0.25) is 5.91 Å². The molecule has 0 radical (unpaired) electrons. The normalized spacial score (nSPS) is 22.2. The molecule has 3 aliphatic heterocycles. The second kappa shape index (κ2) is 13.1. The molecule has 3 heterocycles. The summed E-state index contributed by atoms with van der Waals surface area (Å²) in [5.74, 6) is -0.589. The van der Waals surface area contributed by atoms with Gasteiger partial charge in [-0.15, -0.1) is 0 Å². The van der Waals surface area contributed by atoms with Gasteiger partial charge in [-0.2, -0.15) is 0 Å². The van der Waals surface area contributed by atoms with E-state index in [1.54, 1.807) is 0 Å². The van der Waals surface area contributed by atoms with Crippen molar-refractivity contribution in [3.8, 4) is 0 Å². The fourth-order valence-corrected chi connectivity index (χ4v) is 7.36. The van der Waals surface area contributed by atoms with Crippen LogP contribution in [0, 0.1) is 19.8 Å². The fraction of sp³-hybridized carbons (Fsp3) is 0.545. The zero-order chi connectivity index (χ0) is 30.8. The Morgan fingerprint density at radius 1 is 1.05 bits per heavy atom. The Morgan fingerprint density at radius 3 is 2.37 bits per heavy atom. The average Bonchev–Trinajstić information content (AvgIpc) is 3.16.